The number of hydrogen-bond donors (Lipinski definition) is 1. The lowest BCUT2D eigenvalue weighted by Crippen LogP contribution is -2.30. The highest BCUT2D eigenvalue weighted by Gasteiger charge is 2.14. The van der Waals surface area contributed by atoms with Crippen molar-refractivity contribution in [3.63, 3.8) is 0 Å². The first-order chi connectivity index (χ1) is 11.2. The van der Waals surface area contributed by atoms with Gasteiger partial charge in [0.15, 0.2) is 18.1 Å². The van der Waals surface area contributed by atoms with Gasteiger partial charge in [0.25, 0.3) is 5.91 Å². The van der Waals surface area contributed by atoms with Crippen LogP contribution in [0.4, 0.5) is 0 Å². The number of nitrogens with one attached hydrogen (secondary N) is 1. The van der Waals surface area contributed by atoms with E-state index in [9.17, 15) is 4.79 Å². The molecule has 0 atom stereocenters. The zero-order valence-electron chi connectivity index (χ0n) is 12.4. The molecule has 0 spiro atoms. The van der Waals surface area contributed by atoms with Crippen molar-refractivity contribution < 1.29 is 19.0 Å². The van der Waals surface area contributed by atoms with E-state index in [1.54, 1.807) is 18.2 Å². The fourth-order valence-corrected chi connectivity index (χ4v) is 2.29. The number of benzene rings is 2. The van der Waals surface area contributed by atoms with Gasteiger partial charge in [-0.05, 0) is 36.2 Å². The Morgan fingerprint density at radius 1 is 1.13 bits per heavy atom. The first-order valence-electron chi connectivity index (χ1n) is 7.24. The van der Waals surface area contributed by atoms with Crippen LogP contribution in [0.25, 0.3) is 0 Å². The van der Waals surface area contributed by atoms with Crippen molar-refractivity contribution in [2.45, 2.75) is 6.42 Å². The lowest BCUT2D eigenvalue weighted by molar-refractivity contribution is -0.123. The zero-order valence-corrected chi connectivity index (χ0v) is 13.1. The Hall–Kier alpha value is -2.40. The smallest absolute Gasteiger partial charge is 0.257 e. The van der Waals surface area contributed by atoms with Gasteiger partial charge >= 0.3 is 0 Å². The molecule has 1 heterocycles. The van der Waals surface area contributed by atoms with Gasteiger partial charge < -0.3 is 19.5 Å². The maximum atomic E-state index is 11.8. The molecule has 0 radical (unpaired) electrons. The van der Waals surface area contributed by atoms with Crippen LogP contribution in [0.3, 0.4) is 0 Å². The fourth-order valence-electron chi connectivity index (χ4n) is 2.16. The average Bonchev–Trinajstić information content (AvgIpc) is 3.02. The summed E-state index contributed by atoms with van der Waals surface area (Å²) in [5.41, 5.74) is 1.12. The Bertz CT molecular complexity index is 687. The Morgan fingerprint density at radius 3 is 2.74 bits per heavy atom. The van der Waals surface area contributed by atoms with Crippen LogP contribution in [-0.2, 0) is 11.2 Å². The molecule has 23 heavy (non-hydrogen) atoms. The van der Waals surface area contributed by atoms with Crippen LogP contribution in [0, 0.1) is 0 Å². The maximum Gasteiger partial charge on any atom is 0.257 e. The number of carbonyl (C=O) groups excluding carboxylic acids is 1. The third kappa shape index (κ3) is 4.29. The van der Waals surface area contributed by atoms with Crippen molar-refractivity contribution >= 4 is 17.5 Å². The predicted octanol–water partition coefficient (Wildman–Crippen LogP) is 2.81. The normalized spacial score (nSPS) is 12.0. The molecule has 5 nitrogen and oxygen atoms in total. The Labute approximate surface area is 139 Å². The van der Waals surface area contributed by atoms with Crippen molar-refractivity contribution in [1.29, 1.82) is 0 Å². The Balaban J connectivity index is 1.40. The molecule has 1 amide bonds. The summed E-state index contributed by atoms with van der Waals surface area (Å²) in [5, 5.41) is 3.52. The summed E-state index contributed by atoms with van der Waals surface area (Å²) in [6.45, 7) is 0.717. The first-order valence-corrected chi connectivity index (χ1v) is 7.62. The SMILES string of the molecule is O=C(COc1ccc2c(c1)OCO2)NCCc1ccc(Cl)cc1. The molecule has 3 rings (SSSR count). The van der Waals surface area contributed by atoms with Crippen LogP contribution < -0.4 is 19.5 Å². The molecule has 0 saturated carbocycles. The van der Waals surface area contributed by atoms with Gasteiger partial charge in [-0.25, -0.2) is 0 Å². The van der Waals surface area contributed by atoms with Crippen LogP contribution >= 0.6 is 11.6 Å². The minimum atomic E-state index is -0.170. The molecule has 1 aliphatic heterocycles. The van der Waals surface area contributed by atoms with Crippen LogP contribution in [0.2, 0.25) is 5.02 Å². The summed E-state index contributed by atoms with van der Waals surface area (Å²) in [7, 11) is 0. The Kier molecular flexibility index (Phi) is 4.88. The molecule has 120 valence electrons. The summed E-state index contributed by atoms with van der Waals surface area (Å²) in [6.07, 6.45) is 0.743. The number of carbonyl (C=O) groups is 1. The van der Waals surface area contributed by atoms with E-state index < -0.39 is 0 Å². The first kappa shape index (κ1) is 15.5. The molecule has 0 fully saturated rings. The van der Waals surface area contributed by atoms with E-state index >= 15 is 0 Å². The average molecular weight is 334 g/mol. The van der Waals surface area contributed by atoms with Gasteiger partial charge in [0.2, 0.25) is 6.79 Å². The largest absolute Gasteiger partial charge is 0.484 e. The van der Waals surface area contributed by atoms with Gasteiger partial charge in [-0.2, -0.15) is 0 Å². The highest BCUT2D eigenvalue weighted by molar-refractivity contribution is 6.30. The van der Waals surface area contributed by atoms with E-state index in [0.717, 1.165) is 12.0 Å². The van der Waals surface area contributed by atoms with E-state index in [1.807, 2.05) is 24.3 Å². The summed E-state index contributed by atoms with van der Waals surface area (Å²) < 4.78 is 15.9. The van der Waals surface area contributed by atoms with E-state index in [2.05, 4.69) is 5.32 Å². The quantitative estimate of drug-likeness (QED) is 0.883. The van der Waals surface area contributed by atoms with E-state index in [1.165, 1.54) is 0 Å². The summed E-state index contributed by atoms with van der Waals surface area (Å²) in [4.78, 5) is 11.8. The molecule has 0 unspecified atom stereocenters. The van der Waals surface area contributed by atoms with E-state index in [0.29, 0.717) is 28.8 Å². The van der Waals surface area contributed by atoms with Crippen molar-refractivity contribution in [3.8, 4) is 17.2 Å². The molecule has 6 heteroatoms. The van der Waals surface area contributed by atoms with Crippen LogP contribution in [0.5, 0.6) is 17.2 Å². The molecule has 1 N–H and O–H groups in total. The van der Waals surface area contributed by atoms with Crippen LogP contribution in [0.1, 0.15) is 5.56 Å². The van der Waals surface area contributed by atoms with Crippen molar-refractivity contribution in [2.75, 3.05) is 19.9 Å². The molecule has 0 aliphatic carbocycles. The summed E-state index contributed by atoms with van der Waals surface area (Å²) in [5.74, 6) is 1.72. The van der Waals surface area contributed by atoms with Gasteiger partial charge in [0.05, 0.1) is 0 Å². The van der Waals surface area contributed by atoms with Crippen molar-refractivity contribution in [3.05, 3.63) is 53.1 Å². The number of hydrogen-bond acceptors (Lipinski definition) is 4. The third-order valence-electron chi connectivity index (χ3n) is 3.36. The molecule has 1 aliphatic rings. The molecular formula is C17H16ClNO4. The van der Waals surface area contributed by atoms with Gasteiger partial charge in [-0.1, -0.05) is 23.7 Å². The van der Waals surface area contributed by atoms with Crippen molar-refractivity contribution in [1.82, 2.24) is 5.32 Å². The third-order valence-corrected chi connectivity index (χ3v) is 3.62. The second-order valence-corrected chi connectivity index (χ2v) is 5.47. The van der Waals surface area contributed by atoms with Crippen LogP contribution in [0.15, 0.2) is 42.5 Å². The van der Waals surface area contributed by atoms with Gasteiger partial charge in [-0.15, -0.1) is 0 Å². The standard InChI is InChI=1S/C17H16ClNO4/c18-13-3-1-12(2-4-13)7-8-19-17(20)10-21-14-5-6-15-16(9-14)23-11-22-15/h1-6,9H,7-8,10-11H2,(H,19,20). The molecule has 0 aromatic heterocycles. The lowest BCUT2D eigenvalue weighted by Gasteiger charge is -2.08. The van der Waals surface area contributed by atoms with E-state index in [-0.39, 0.29) is 19.3 Å². The molecular weight excluding hydrogens is 318 g/mol. The second kappa shape index (κ2) is 7.24. The van der Waals surface area contributed by atoms with E-state index in [4.69, 9.17) is 25.8 Å². The molecule has 2 aromatic rings. The monoisotopic (exact) mass is 333 g/mol. The molecule has 0 bridgehead atoms. The van der Waals surface area contributed by atoms with Gasteiger partial charge in [0, 0.05) is 17.6 Å². The number of ether oxygens (including phenoxy) is 3. The summed E-state index contributed by atoms with van der Waals surface area (Å²) >= 11 is 5.83. The Morgan fingerprint density at radius 2 is 1.91 bits per heavy atom. The van der Waals surface area contributed by atoms with Gasteiger partial charge in [0.1, 0.15) is 5.75 Å². The predicted molar refractivity (Wildman–Crippen MR) is 86.2 cm³/mol. The lowest BCUT2D eigenvalue weighted by atomic mass is 10.1. The van der Waals surface area contributed by atoms with Crippen molar-refractivity contribution in [2.24, 2.45) is 0 Å². The zero-order chi connectivity index (χ0) is 16.1. The number of halogens is 1. The highest BCUT2D eigenvalue weighted by Crippen LogP contribution is 2.34. The fraction of sp³-hybridized carbons (Fsp3) is 0.235. The minimum Gasteiger partial charge on any atom is -0.484 e. The summed E-state index contributed by atoms with van der Waals surface area (Å²) in [6, 6.07) is 12.8. The minimum absolute atomic E-state index is 0.0414. The topological polar surface area (TPSA) is 56.8 Å². The van der Waals surface area contributed by atoms with Gasteiger partial charge in [-0.3, -0.25) is 4.79 Å². The highest BCUT2D eigenvalue weighted by atomic mass is 35.5. The number of fused-ring (bicyclic) bond motifs is 1. The number of rotatable bonds is 6. The second-order valence-electron chi connectivity index (χ2n) is 5.03. The maximum absolute atomic E-state index is 11.8. The number of amides is 1. The molecule has 0 saturated heterocycles. The van der Waals surface area contributed by atoms with Crippen LogP contribution in [-0.4, -0.2) is 25.9 Å². The molecule has 2 aromatic carbocycles.